The van der Waals surface area contributed by atoms with Crippen molar-refractivity contribution in [2.45, 2.75) is 57.4 Å². The molecule has 5 heteroatoms. The predicted octanol–water partition coefficient (Wildman–Crippen LogP) is 3.65. The van der Waals surface area contributed by atoms with E-state index < -0.39 is 5.41 Å². The third kappa shape index (κ3) is 3.31. The fourth-order valence-corrected chi connectivity index (χ4v) is 4.22. The maximum Gasteiger partial charge on any atom is 0.233 e. The Bertz CT molecular complexity index is 582. The fraction of sp³-hybridized carbons (Fsp3) is 0.632. The number of halogens is 2. The molecule has 1 atom stereocenters. The van der Waals surface area contributed by atoms with E-state index in [-0.39, 0.29) is 35.6 Å². The first-order valence-corrected chi connectivity index (χ1v) is 8.66. The van der Waals surface area contributed by atoms with Gasteiger partial charge in [-0.15, -0.1) is 12.4 Å². The van der Waals surface area contributed by atoms with E-state index in [1.54, 1.807) is 12.1 Å². The zero-order valence-electron chi connectivity index (χ0n) is 14.6. The van der Waals surface area contributed by atoms with Crippen molar-refractivity contribution in [3.8, 4) is 0 Å². The second-order valence-corrected chi connectivity index (χ2v) is 7.91. The van der Waals surface area contributed by atoms with E-state index in [4.69, 9.17) is 5.73 Å². The quantitative estimate of drug-likeness (QED) is 0.881. The predicted molar refractivity (Wildman–Crippen MR) is 96.7 cm³/mol. The Kier molecular flexibility index (Phi) is 5.61. The Morgan fingerprint density at radius 1 is 1.21 bits per heavy atom. The first kappa shape index (κ1) is 19.2. The third-order valence-electron chi connectivity index (χ3n) is 5.86. The molecule has 2 N–H and O–H groups in total. The summed E-state index contributed by atoms with van der Waals surface area (Å²) in [5.74, 6) is -0.0407. The minimum absolute atomic E-state index is 0. The zero-order valence-corrected chi connectivity index (χ0v) is 15.4. The van der Waals surface area contributed by atoms with Crippen LogP contribution in [0.4, 0.5) is 4.39 Å². The maximum atomic E-state index is 13.4. The lowest BCUT2D eigenvalue weighted by atomic mass is 9.75. The fourth-order valence-electron chi connectivity index (χ4n) is 4.22. The standard InChI is InChI=1S/C19H27FN2O.ClH/c1-18(2)13-22(12-9-16(18)21)17(23)19(10-3-4-11-19)14-5-7-15(20)8-6-14;/h5-8,16H,3-4,9-13,21H2,1-2H3;1H. The summed E-state index contributed by atoms with van der Waals surface area (Å²) in [6.45, 7) is 5.70. The molecule has 0 aromatic heterocycles. The third-order valence-corrected chi connectivity index (χ3v) is 5.86. The van der Waals surface area contributed by atoms with Crippen LogP contribution in [-0.2, 0) is 10.2 Å². The molecule has 1 aromatic carbocycles. The highest BCUT2D eigenvalue weighted by Crippen LogP contribution is 2.44. The van der Waals surface area contributed by atoms with Crippen LogP contribution in [0.15, 0.2) is 24.3 Å². The second-order valence-electron chi connectivity index (χ2n) is 7.91. The molecule has 1 heterocycles. The van der Waals surface area contributed by atoms with E-state index in [9.17, 15) is 9.18 Å². The van der Waals surface area contributed by atoms with Crippen molar-refractivity contribution in [2.75, 3.05) is 13.1 Å². The number of nitrogens with two attached hydrogens (primary N) is 1. The van der Waals surface area contributed by atoms with E-state index >= 15 is 0 Å². The average molecular weight is 355 g/mol. The van der Waals surface area contributed by atoms with Crippen LogP contribution in [0.5, 0.6) is 0 Å². The van der Waals surface area contributed by atoms with Crippen molar-refractivity contribution < 1.29 is 9.18 Å². The molecule has 3 nitrogen and oxygen atoms in total. The van der Waals surface area contributed by atoms with Gasteiger partial charge in [0, 0.05) is 19.1 Å². The summed E-state index contributed by atoms with van der Waals surface area (Å²) in [6.07, 6.45) is 4.68. The summed E-state index contributed by atoms with van der Waals surface area (Å²) < 4.78 is 13.3. The number of nitrogens with zero attached hydrogens (tertiary/aromatic N) is 1. The van der Waals surface area contributed by atoms with Crippen molar-refractivity contribution in [2.24, 2.45) is 11.1 Å². The molecule has 0 bridgehead atoms. The van der Waals surface area contributed by atoms with Crippen LogP contribution in [0.1, 0.15) is 51.5 Å². The van der Waals surface area contributed by atoms with Gasteiger partial charge in [-0.3, -0.25) is 4.79 Å². The van der Waals surface area contributed by atoms with Crippen LogP contribution >= 0.6 is 12.4 Å². The van der Waals surface area contributed by atoms with E-state index in [1.807, 2.05) is 4.90 Å². The van der Waals surface area contributed by atoms with Crippen LogP contribution in [0.25, 0.3) is 0 Å². The van der Waals surface area contributed by atoms with Gasteiger partial charge < -0.3 is 10.6 Å². The number of carbonyl (C=O) groups excluding carboxylic acids is 1. The second kappa shape index (κ2) is 7.01. The lowest BCUT2D eigenvalue weighted by molar-refractivity contribution is -0.141. The van der Waals surface area contributed by atoms with Gasteiger partial charge in [-0.1, -0.05) is 38.8 Å². The van der Waals surface area contributed by atoms with Crippen molar-refractivity contribution in [3.63, 3.8) is 0 Å². The smallest absolute Gasteiger partial charge is 0.233 e. The van der Waals surface area contributed by atoms with Gasteiger partial charge in [0.25, 0.3) is 0 Å². The molecule has 1 saturated heterocycles. The van der Waals surface area contributed by atoms with Crippen LogP contribution < -0.4 is 5.73 Å². The van der Waals surface area contributed by atoms with E-state index in [0.29, 0.717) is 6.54 Å². The summed E-state index contributed by atoms with van der Waals surface area (Å²) in [5.41, 5.74) is 6.65. The van der Waals surface area contributed by atoms with Gasteiger partial charge in [0.15, 0.2) is 0 Å². The van der Waals surface area contributed by atoms with Crippen LogP contribution in [0.2, 0.25) is 0 Å². The summed E-state index contributed by atoms with van der Waals surface area (Å²) in [7, 11) is 0. The first-order valence-electron chi connectivity index (χ1n) is 8.66. The minimum Gasteiger partial charge on any atom is -0.341 e. The van der Waals surface area contributed by atoms with Gasteiger partial charge in [-0.2, -0.15) is 0 Å². The lowest BCUT2D eigenvalue weighted by Crippen LogP contribution is -2.57. The number of rotatable bonds is 2. The normalized spacial score (nSPS) is 25.2. The van der Waals surface area contributed by atoms with Gasteiger partial charge >= 0.3 is 0 Å². The van der Waals surface area contributed by atoms with Gasteiger partial charge in [-0.25, -0.2) is 4.39 Å². The molecule has 2 fully saturated rings. The van der Waals surface area contributed by atoms with Gasteiger partial charge in [-0.05, 0) is 42.4 Å². The lowest BCUT2D eigenvalue weighted by Gasteiger charge is -2.45. The molecule has 3 rings (SSSR count). The minimum atomic E-state index is -0.467. The Morgan fingerprint density at radius 3 is 2.33 bits per heavy atom. The number of likely N-dealkylation sites (tertiary alicyclic amines) is 1. The van der Waals surface area contributed by atoms with Crippen LogP contribution in [-0.4, -0.2) is 29.9 Å². The Morgan fingerprint density at radius 2 is 1.79 bits per heavy atom. The monoisotopic (exact) mass is 354 g/mol. The summed E-state index contributed by atoms with van der Waals surface area (Å²) in [6, 6.07) is 6.66. The summed E-state index contributed by atoms with van der Waals surface area (Å²) >= 11 is 0. The number of benzene rings is 1. The topological polar surface area (TPSA) is 46.3 Å². The zero-order chi connectivity index (χ0) is 16.7. The number of amides is 1. The Hall–Kier alpha value is -1.13. The molecule has 0 spiro atoms. The molecular weight excluding hydrogens is 327 g/mol. The van der Waals surface area contributed by atoms with Crippen molar-refractivity contribution in [3.05, 3.63) is 35.6 Å². The molecular formula is C19H28ClFN2O. The van der Waals surface area contributed by atoms with Gasteiger partial charge in [0.05, 0.1) is 5.41 Å². The van der Waals surface area contributed by atoms with E-state index in [0.717, 1.165) is 44.2 Å². The Labute approximate surface area is 150 Å². The average Bonchev–Trinajstić information content (AvgIpc) is 3.01. The van der Waals surface area contributed by atoms with Crippen molar-refractivity contribution in [1.29, 1.82) is 0 Å². The van der Waals surface area contributed by atoms with E-state index in [2.05, 4.69) is 13.8 Å². The number of carbonyl (C=O) groups is 1. The highest BCUT2D eigenvalue weighted by molar-refractivity contribution is 5.88. The molecule has 2 aliphatic rings. The Balaban J connectivity index is 0.00000208. The molecule has 0 radical (unpaired) electrons. The van der Waals surface area contributed by atoms with Crippen LogP contribution in [0.3, 0.4) is 0 Å². The molecule has 1 unspecified atom stereocenters. The summed E-state index contributed by atoms with van der Waals surface area (Å²) in [5, 5.41) is 0. The molecule has 134 valence electrons. The molecule has 1 aliphatic carbocycles. The van der Waals surface area contributed by atoms with Gasteiger partial charge in [0.2, 0.25) is 5.91 Å². The number of hydrogen-bond acceptors (Lipinski definition) is 2. The number of piperidine rings is 1. The molecule has 1 saturated carbocycles. The first-order chi connectivity index (χ1) is 10.8. The molecule has 24 heavy (non-hydrogen) atoms. The van der Waals surface area contributed by atoms with Gasteiger partial charge in [0.1, 0.15) is 5.82 Å². The summed E-state index contributed by atoms with van der Waals surface area (Å²) in [4.78, 5) is 15.4. The van der Waals surface area contributed by atoms with Crippen molar-refractivity contribution >= 4 is 18.3 Å². The maximum absolute atomic E-state index is 13.4. The SMILES string of the molecule is CC1(C)CN(C(=O)C2(c3ccc(F)cc3)CCCC2)CCC1N.Cl. The van der Waals surface area contributed by atoms with Crippen molar-refractivity contribution in [1.82, 2.24) is 4.90 Å². The molecule has 1 aromatic rings. The van der Waals surface area contributed by atoms with E-state index in [1.165, 1.54) is 12.1 Å². The number of hydrogen-bond donors (Lipinski definition) is 1. The highest BCUT2D eigenvalue weighted by Gasteiger charge is 2.47. The van der Waals surface area contributed by atoms with Crippen LogP contribution in [0, 0.1) is 11.2 Å². The molecule has 1 aliphatic heterocycles. The highest BCUT2D eigenvalue weighted by atomic mass is 35.5. The molecule has 1 amide bonds. The largest absolute Gasteiger partial charge is 0.341 e.